The van der Waals surface area contributed by atoms with Gasteiger partial charge in [-0.2, -0.15) is 0 Å². The van der Waals surface area contributed by atoms with Gasteiger partial charge in [-0.25, -0.2) is 9.37 Å². The number of ether oxygens (including phenoxy) is 3. The molecule has 2 rings (SSSR count). The van der Waals surface area contributed by atoms with Crippen molar-refractivity contribution in [3.63, 3.8) is 0 Å². The van der Waals surface area contributed by atoms with Crippen molar-refractivity contribution in [2.45, 2.75) is 19.8 Å². The average Bonchev–Trinajstić information content (AvgIpc) is 3.07. The molecule has 0 bridgehead atoms. The monoisotopic (exact) mass is 410 g/mol. The zero-order valence-electron chi connectivity index (χ0n) is 15.3. The number of aromatic nitrogens is 1. The Morgan fingerprint density at radius 1 is 1.18 bits per heavy atom. The van der Waals surface area contributed by atoms with E-state index in [1.54, 1.807) is 12.3 Å². The molecule has 0 spiro atoms. The van der Waals surface area contributed by atoms with Gasteiger partial charge in [0.05, 0.1) is 32.3 Å². The second-order valence-corrected chi connectivity index (χ2v) is 6.34. The van der Waals surface area contributed by atoms with Gasteiger partial charge in [0.1, 0.15) is 0 Å². The molecule has 28 heavy (non-hydrogen) atoms. The molecular formula is C18H19FN2O6S. The van der Waals surface area contributed by atoms with Gasteiger partial charge in [-0.3, -0.25) is 19.7 Å². The lowest BCUT2D eigenvalue weighted by atomic mass is 10.1. The molecule has 150 valence electrons. The molecule has 0 radical (unpaired) electrons. The number of hydrogen-bond donors (Lipinski definition) is 1. The first-order valence-corrected chi connectivity index (χ1v) is 9.17. The highest BCUT2D eigenvalue weighted by atomic mass is 32.1. The van der Waals surface area contributed by atoms with Crippen LogP contribution in [0.15, 0.2) is 23.6 Å². The van der Waals surface area contributed by atoms with Gasteiger partial charge in [0, 0.05) is 5.38 Å². The van der Waals surface area contributed by atoms with E-state index >= 15 is 0 Å². The number of anilines is 1. The third kappa shape index (κ3) is 6.62. The van der Waals surface area contributed by atoms with E-state index in [2.05, 4.69) is 10.3 Å². The summed E-state index contributed by atoms with van der Waals surface area (Å²) in [5.74, 6) is -2.18. The number of amides is 1. The van der Waals surface area contributed by atoms with Crippen molar-refractivity contribution < 1.29 is 33.0 Å². The predicted molar refractivity (Wildman–Crippen MR) is 98.7 cm³/mol. The quantitative estimate of drug-likeness (QED) is 0.632. The Balaban J connectivity index is 1.77. The second kappa shape index (κ2) is 10.4. The van der Waals surface area contributed by atoms with Gasteiger partial charge in [0.2, 0.25) is 0 Å². The van der Waals surface area contributed by atoms with Gasteiger partial charge < -0.3 is 14.2 Å². The molecule has 1 aromatic heterocycles. The van der Waals surface area contributed by atoms with Crippen LogP contribution >= 0.6 is 11.3 Å². The van der Waals surface area contributed by atoms with Gasteiger partial charge in [-0.1, -0.05) is 6.07 Å². The van der Waals surface area contributed by atoms with Crippen LogP contribution in [-0.4, -0.2) is 43.2 Å². The Kier molecular flexibility index (Phi) is 7.88. The van der Waals surface area contributed by atoms with Crippen LogP contribution in [0.1, 0.15) is 18.2 Å². The standard InChI is InChI=1S/C18H19FN2O6S/c1-3-26-17(24)8-12-10-28-18(20-12)21-15(22)9-27-16(23)7-11-4-5-14(25-2)13(19)6-11/h4-6,10H,3,7-9H2,1-2H3,(H,20,21,22). The number of carbonyl (C=O) groups excluding carboxylic acids is 3. The number of carbonyl (C=O) groups is 3. The molecular weight excluding hydrogens is 391 g/mol. The molecule has 0 aliphatic heterocycles. The molecule has 1 heterocycles. The fourth-order valence-corrected chi connectivity index (χ4v) is 2.87. The molecule has 1 aromatic carbocycles. The first kappa shape index (κ1) is 21.3. The molecule has 10 heteroatoms. The van der Waals surface area contributed by atoms with Crippen molar-refractivity contribution in [1.29, 1.82) is 0 Å². The minimum absolute atomic E-state index is 0.00756. The van der Waals surface area contributed by atoms with Crippen LogP contribution in [0.3, 0.4) is 0 Å². The maximum Gasteiger partial charge on any atom is 0.311 e. The van der Waals surface area contributed by atoms with Gasteiger partial charge in [-0.05, 0) is 24.6 Å². The van der Waals surface area contributed by atoms with Gasteiger partial charge in [0.25, 0.3) is 5.91 Å². The predicted octanol–water partition coefficient (Wildman–Crippen LogP) is 2.12. The Hall–Kier alpha value is -3.01. The molecule has 1 N–H and O–H groups in total. The maximum atomic E-state index is 13.6. The highest BCUT2D eigenvalue weighted by Crippen LogP contribution is 2.18. The average molecular weight is 410 g/mol. The second-order valence-electron chi connectivity index (χ2n) is 5.48. The van der Waals surface area contributed by atoms with Crippen LogP contribution in [0, 0.1) is 5.82 Å². The normalized spacial score (nSPS) is 10.2. The summed E-state index contributed by atoms with van der Waals surface area (Å²) in [6.07, 6.45) is -0.178. The van der Waals surface area contributed by atoms with E-state index in [0.29, 0.717) is 11.3 Å². The Morgan fingerprint density at radius 2 is 1.93 bits per heavy atom. The van der Waals surface area contributed by atoms with Crippen LogP contribution < -0.4 is 10.1 Å². The molecule has 0 aliphatic rings. The lowest BCUT2D eigenvalue weighted by Crippen LogP contribution is -2.21. The summed E-state index contributed by atoms with van der Waals surface area (Å²) in [6.45, 7) is 1.47. The van der Waals surface area contributed by atoms with Crippen molar-refractivity contribution in [1.82, 2.24) is 4.98 Å². The van der Waals surface area contributed by atoms with E-state index in [-0.39, 0.29) is 30.3 Å². The van der Waals surface area contributed by atoms with Crippen LogP contribution in [0.5, 0.6) is 5.75 Å². The Labute approximate surface area is 164 Å². The minimum atomic E-state index is -0.679. The molecule has 0 aliphatic carbocycles. The number of nitrogens with one attached hydrogen (secondary N) is 1. The van der Waals surface area contributed by atoms with E-state index in [9.17, 15) is 18.8 Å². The number of halogens is 1. The van der Waals surface area contributed by atoms with Crippen LogP contribution in [0.25, 0.3) is 0 Å². The van der Waals surface area contributed by atoms with Crippen molar-refractivity contribution in [3.05, 3.63) is 40.7 Å². The van der Waals surface area contributed by atoms with E-state index in [1.165, 1.54) is 25.3 Å². The molecule has 0 fully saturated rings. The topological polar surface area (TPSA) is 104 Å². The summed E-state index contributed by atoms with van der Waals surface area (Å²) in [6, 6.07) is 4.10. The zero-order valence-corrected chi connectivity index (χ0v) is 16.1. The third-order valence-corrected chi connectivity index (χ3v) is 4.16. The summed E-state index contributed by atoms with van der Waals surface area (Å²) >= 11 is 1.14. The summed E-state index contributed by atoms with van der Waals surface area (Å²) in [5.41, 5.74) is 0.865. The third-order valence-electron chi connectivity index (χ3n) is 3.36. The highest BCUT2D eigenvalue weighted by Gasteiger charge is 2.13. The molecule has 0 atom stereocenters. The van der Waals surface area contributed by atoms with E-state index in [1.807, 2.05) is 0 Å². The first-order chi connectivity index (χ1) is 13.4. The van der Waals surface area contributed by atoms with Gasteiger partial charge >= 0.3 is 11.9 Å². The SMILES string of the molecule is CCOC(=O)Cc1csc(NC(=O)COC(=O)Cc2ccc(OC)c(F)c2)n1. The fourth-order valence-electron chi connectivity index (χ4n) is 2.14. The Bertz CT molecular complexity index is 854. The number of benzene rings is 1. The van der Waals surface area contributed by atoms with Crippen molar-refractivity contribution in [3.8, 4) is 5.75 Å². The molecule has 2 aromatic rings. The number of nitrogens with zero attached hydrogens (tertiary/aromatic N) is 1. The molecule has 0 saturated heterocycles. The summed E-state index contributed by atoms with van der Waals surface area (Å²) in [4.78, 5) is 39.1. The smallest absolute Gasteiger partial charge is 0.311 e. The molecule has 0 unspecified atom stereocenters. The summed E-state index contributed by atoms with van der Waals surface area (Å²) in [7, 11) is 1.34. The van der Waals surface area contributed by atoms with Gasteiger partial charge in [-0.15, -0.1) is 11.3 Å². The molecule has 1 amide bonds. The van der Waals surface area contributed by atoms with Crippen LogP contribution in [0.4, 0.5) is 9.52 Å². The van der Waals surface area contributed by atoms with Crippen LogP contribution in [-0.2, 0) is 36.7 Å². The highest BCUT2D eigenvalue weighted by molar-refractivity contribution is 7.13. The van der Waals surface area contributed by atoms with Gasteiger partial charge in [0.15, 0.2) is 23.3 Å². The fraction of sp³-hybridized carbons (Fsp3) is 0.333. The van der Waals surface area contributed by atoms with E-state index in [4.69, 9.17) is 14.2 Å². The lowest BCUT2D eigenvalue weighted by molar-refractivity contribution is -0.146. The largest absolute Gasteiger partial charge is 0.494 e. The number of rotatable bonds is 9. The molecule has 8 nitrogen and oxygen atoms in total. The Morgan fingerprint density at radius 3 is 2.61 bits per heavy atom. The van der Waals surface area contributed by atoms with E-state index in [0.717, 1.165) is 11.3 Å². The summed E-state index contributed by atoms with van der Waals surface area (Å²) < 4.78 is 28.1. The molecule has 0 saturated carbocycles. The minimum Gasteiger partial charge on any atom is -0.494 e. The number of thiazole rings is 1. The zero-order chi connectivity index (χ0) is 20.5. The summed E-state index contributed by atoms with van der Waals surface area (Å²) in [5, 5.41) is 4.37. The van der Waals surface area contributed by atoms with Crippen LogP contribution in [0.2, 0.25) is 0 Å². The van der Waals surface area contributed by atoms with Crippen molar-refractivity contribution in [2.75, 3.05) is 25.6 Å². The number of esters is 2. The lowest BCUT2D eigenvalue weighted by Gasteiger charge is -2.06. The first-order valence-electron chi connectivity index (χ1n) is 8.29. The van der Waals surface area contributed by atoms with Crippen molar-refractivity contribution >= 4 is 34.3 Å². The maximum absolute atomic E-state index is 13.6. The number of hydrogen-bond acceptors (Lipinski definition) is 8. The van der Waals surface area contributed by atoms with E-state index < -0.39 is 30.3 Å². The van der Waals surface area contributed by atoms with Crippen molar-refractivity contribution in [2.24, 2.45) is 0 Å². The number of methoxy groups -OCH3 is 1.